The maximum atomic E-state index is 15.3. The quantitative estimate of drug-likeness (QED) is 0.590. The van der Waals surface area contributed by atoms with Gasteiger partial charge < -0.3 is 10.2 Å². The highest BCUT2D eigenvalue weighted by Crippen LogP contribution is 2.72. The van der Waals surface area contributed by atoms with Crippen LogP contribution in [0.2, 0.25) is 0 Å². The van der Waals surface area contributed by atoms with Gasteiger partial charge in [0.15, 0.2) is 11.4 Å². The van der Waals surface area contributed by atoms with E-state index in [0.717, 1.165) is 6.08 Å². The van der Waals surface area contributed by atoms with Crippen molar-refractivity contribution in [2.24, 2.45) is 28.6 Å². The lowest BCUT2D eigenvalue weighted by Gasteiger charge is -2.64. The van der Waals surface area contributed by atoms with Gasteiger partial charge in [-0.15, -0.1) is 23.2 Å². The topological polar surface area (TPSA) is 74.6 Å². The fourth-order valence-corrected chi connectivity index (χ4v) is 8.22. The number of fused-ring (bicyclic) bond motifs is 5. The van der Waals surface area contributed by atoms with Gasteiger partial charge in [-0.3, -0.25) is 4.79 Å². The zero-order valence-corrected chi connectivity index (χ0v) is 17.9. The van der Waals surface area contributed by atoms with Crippen LogP contribution < -0.4 is 0 Å². The minimum Gasteiger partial charge on any atom is -0.479 e. The van der Waals surface area contributed by atoms with Crippen LogP contribution in [0.5, 0.6) is 0 Å². The van der Waals surface area contributed by atoms with Crippen LogP contribution in [0.25, 0.3) is 0 Å². The number of carboxylic acid groups (broad SMARTS) is 1. The van der Waals surface area contributed by atoms with Crippen molar-refractivity contribution in [1.82, 2.24) is 0 Å². The molecule has 0 aromatic rings. The minimum atomic E-state index is -2.02. The molecule has 0 amide bonds. The van der Waals surface area contributed by atoms with Gasteiger partial charge in [-0.1, -0.05) is 26.8 Å². The molecular formula is C21H24Cl2F2O4. The number of carboxylic acids is 1. The molecule has 4 nitrogen and oxygen atoms in total. The summed E-state index contributed by atoms with van der Waals surface area (Å²) < 4.78 is 30.0. The van der Waals surface area contributed by atoms with E-state index in [0.29, 0.717) is 6.42 Å². The summed E-state index contributed by atoms with van der Waals surface area (Å²) in [7, 11) is 0. The lowest BCUT2D eigenvalue weighted by molar-refractivity contribution is -0.185. The molecule has 0 aliphatic heterocycles. The Kier molecular flexibility index (Phi) is 4.43. The van der Waals surface area contributed by atoms with Gasteiger partial charge in [-0.05, 0) is 43.1 Å². The lowest BCUT2D eigenvalue weighted by atomic mass is 9.46. The first kappa shape index (κ1) is 21.3. The molecule has 8 heteroatoms. The largest absolute Gasteiger partial charge is 0.479 e. The number of carbonyl (C=O) groups is 2. The van der Waals surface area contributed by atoms with E-state index in [1.165, 1.54) is 6.08 Å². The third-order valence-electron chi connectivity index (χ3n) is 8.57. The monoisotopic (exact) mass is 448 g/mol. The summed E-state index contributed by atoms with van der Waals surface area (Å²) >= 11 is 14.0. The van der Waals surface area contributed by atoms with Gasteiger partial charge in [0.1, 0.15) is 6.17 Å². The molecule has 4 rings (SSSR count). The van der Waals surface area contributed by atoms with E-state index in [2.05, 4.69) is 0 Å². The molecule has 4 aliphatic rings. The van der Waals surface area contributed by atoms with E-state index >= 15 is 4.39 Å². The van der Waals surface area contributed by atoms with E-state index in [-0.39, 0.29) is 18.4 Å². The first-order valence-corrected chi connectivity index (χ1v) is 10.6. The van der Waals surface area contributed by atoms with Crippen LogP contribution in [-0.2, 0) is 9.59 Å². The molecule has 2 N–H and O–H groups in total. The molecule has 3 fully saturated rings. The second kappa shape index (κ2) is 6.04. The number of hydrogen-bond donors (Lipinski definition) is 2. The predicted molar refractivity (Wildman–Crippen MR) is 104 cm³/mol. The predicted octanol–water partition coefficient (Wildman–Crippen LogP) is 4.18. The van der Waals surface area contributed by atoms with Crippen molar-refractivity contribution >= 4 is 35.0 Å². The van der Waals surface area contributed by atoms with Crippen molar-refractivity contribution in [3.63, 3.8) is 0 Å². The number of ketones is 1. The van der Waals surface area contributed by atoms with Gasteiger partial charge in [0.25, 0.3) is 0 Å². The smallest absolute Gasteiger partial charge is 0.336 e. The van der Waals surface area contributed by atoms with Crippen LogP contribution in [0.1, 0.15) is 40.0 Å². The third-order valence-corrected chi connectivity index (χ3v) is 10.1. The maximum absolute atomic E-state index is 15.3. The van der Waals surface area contributed by atoms with E-state index in [4.69, 9.17) is 23.2 Å². The molecule has 0 spiro atoms. The van der Waals surface area contributed by atoms with Gasteiger partial charge in [0.05, 0.1) is 10.3 Å². The molecule has 3 saturated carbocycles. The molecule has 0 heterocycles. The van der Waals surface area contributed by atoms with Crippen LogP contribution in [-0.4, -0.2) is 44.0 Å². The molecule has 9 atom stereocenters. The number of aliphatic hydroxyl groups is 1. The Morgan fingerprint density at radius 3 is 2.48 bits per heavy atom. The van der Waals surface area contributed by atoms with E-state index in [1.807, 2.05) is 0 Å². The summed E-state index contributed by atoms with van der Waals surface area (Å²) in [6.45, 7) is 4.94. The zero-order chi connectivity index (χ0) is 21.7. The molecule has 0 radical (unpaired) electrons. The van der Waals surface area contributed by atoms with Crippen molar-refractivity contribution in [1.29, 1.82) is 0 Å². The first-order chi connectivity index (χ1) is 13.3. The summed E-state index contributed by atoms with van der Waals surface area (Å²) in [5.41, 5.74) is -4.74. The standard InChI is InChI=1S/C21H24Cl2F2O4/c1-9-6-10-11-7-12(24)15-16(25)13(26)4-5-18(15,2)20(11,23)14(22)8-19(10,3)21(9,29)17(27)28/h4-5,9-12,14,29H,6-8H2,1-3H3,(H,27,28)/t9-,10+,11+,12+,14+,18+,19+,20+,21+/m1/s1. The number of alkyl halides is 3. The number of aliphatic carboxylic acids is 1. The first-order valence-electron chi connectivity index (χ1n) is 9.83. The molecule has 160 valence electrons. The minimum absolute atomic E-state index is 0.0790. The summed E-state index contributed by atoms with van der Waals surface area (Å²) in [5.74, 6) is -4.94. The van der Waals surface area contributed by atoms with Crippen LogP contribution in [0, 0.1) is 28.6 Å². The number of hydrogen-bond acceptors (Lipinski definition) is 3. The van der Waals surface area contributed by atoms with Gasteiger partial charge in [-0.2, -0.15) is 0 Å². The molecular weight excluding hydrogens is 425 g/mol. The Morgan fingerprint density at radius 1 is 1.28 bits per heavy atom. The molecule has 0 aromatic heterocycles. The van der Waals surface area contributed by atoms with Crippen LogP contribution in [0.3, 0.4) is 0 Å². The fraction of sp³-hybridized carbons (Fsp3) is 0.714. The second-order valence-corrected chi connectivity index (χ2v) is 10.8. The van der Waals surface area contributed by atoms with Crippen molar-refractivity contribution in [3.05, 3.63) is 23.6 Å². The Morgan fingerprint density at radius 2 is 1.90 bits per heavy atom. The molecule has 4 aliphatic carbocycles. The molecule has 29 heavy (non-hydrogen) atoms. The Labute approximate surface area is 177 Å². The maximum Gasteiger partial charge on any atom is 0.336 e. The highest BCUT2D eigenvalue weighted by atomic mass is 35.5. The molecule has 0 aromatic carbocycles. The highest BCUT2D eigenvalue weighted by Gasteiger charge is 2.76. The van der Waals surface area contributed by atoms with Gasteiger partial charge in [-0.25, -0.2) is 13.6 Å². The van der Waals surface area contributed by atoms with E-state index in [1.54, 1.807) is 20.8 Å². The summed E-state index contributed by atoms with van der Waals surface area (Å²) in [6, 6.07) is 0. The van der Waals surface area contributed by atoms with Crippen molar-refractivity contribution in [2.75, 3.05) is 0 Å². The Hall–Kier alpha value is -0.980. The number of carbonyl (C=O) groups excluding carboxylic acids is 1. The van der Waals surface area contributed by atoms with E-state index < -0.39 is 68.2 Å². The summed E-state index contributed by atoms with van der Waals surface area (Å²) in [4.78, 5) is 22.6. The second-order valence-electron chi connectivity index (χ2n) is 9.61. The van der Waals surface area contributed by atoms with Gasteiger partial charge in [0.2, 0.25) is 5.78 Å². The van der Waals surface area contributed by atoms with Crippen molar-refractivity contribution in [2.45, 2.75) is 62.1 Å². The average Bonchev–Trinajstić information content (AvgIpc) is 2.83. The normalized spacial score (nSPS) is 54.1. The van der Waals surface area contributed by atoms with E-state index in [9.17, 15) is 24.2 Å². The van der Waals surface area contributed by atoms with Gasteiger partial charge >= 0.3 is 5.97 Å². The summed E-state index contributed by atoms with van der Waals surface area (Å²) in [5, 5.41) is 20.2. The Bertz CT molecular complexity index is 875. The van der Waals surface area contributed by atoms with Crippen molar-refractivity contribution in [3.8, 4) is 0 Å². The molecule has 0 saturated heterocycles. The SMILES string of the molecule is C[C@@H]1C[C@H]2[C@@H]3C[C@H](F)C4=C(F)C(=O)C=C[C@]4(C)[C@@]3(Cl)[C@@H](Cl)C[C@]2(C)[C@@]1(O)C(=O)O. The third kappa shape index (κ3) is 2.18. The van der Waals surface area contributed by atoms with Crippen LogP contribution in [0.4, 0.5) is 8.78 Å². The number of rotatable bonds is 1. The number of halogens is 4. The fourth-order valence-electron chi connectivity index (χ4n) is 7.02. The summed E-state index contributed by atoms with van der Waals surface area (Å²) in [6.07, 6.45) is 1.02. The molecule has 0 unspecified atom stereocenters. The van der Waals surface area contributed by atoms with Crippen LogP contribution >= 0.6 is 23.2 Å². The molecule has 0 bridgehead atoms. The Balaban J connectivity index is 1.91. The van der Waals surface area contributed by atoms with Crippen molar-refractivity contribution < 1.29 is 28.6 Å². The lowest BCUT2D eigenvalue weighted by Crippen LogP contribution is -2.69. The number of allylic oxidation sites excluding steroid dienone is 4. The highest BCUT2D eigenvalue weighted by molar-refractivity contribution is 6.34. The van der Waals surface area contributed by atoms with Crippen LogP contribution in [0.15, 0.2) is 23.6 Å². The average molecular weight is 449 g/mol. The zero-order valence-electron chi connectivity index (χ0n) is 16.4. The van der Waals surface area contributed by atoms with Gasteiger partial charge in [0, 0.05) is 16.4 Å².